The smallest absolute Gasteiger partial charge is 0.250 e. The first-order chi connectivity index (χ1) is 10.3. The summed E-state index contributed by atoms with van der Waals surface area (Å²) >= 11 is 0. The van der Waals surface area contributed by atoms with Gasteiger partial charge in [0, 0.05) is 7.05 Å². The first-order valence-electron chi connectivity index (χ1n) is 6.96. The molecule has 0 aliphatic carbocycles. The minimum atomic E-state index is 0.463. The number of rotatable bonds is 5. The van der Waals surface area contributed by atoms with Crippen LogP contribution in [0, 0.1) is 0 Å². The predicted molar refractivity (Wildman–Crippen MR) is 81.7 cm³/mol. The van der Waals surface area contributed by atoms with Gasteiger partial charge in [0.25, 0.3) is 5.88 Å². The Labute approximate surface area is 122 Å². The van der Waals surface area contributed by atoms with Crippen molar-refractivity contribution >= 4 is 17.1 Å². The molecule has 0 amide bonds. The largest absolute Gasteiger partial charge is 0.437 e. The van der Waals surface area contributed by atoms with Crippen molar-refractivity contribution in [1.82, 2.24) is 19.9 Å². The molecule has 3 aromatic rings. The number of imidazole rings is 1. The average molecular weight is 283 g/mol. The summed E-state index contributed by atoms with van der Waals surface area (Å²) in [6.07, 6.45) is 3.78. The van der Waals surface area contributed by atoms with E-state index in [0.717, 1.165) is 18.6 Å². The third-order valence-electron chi connectivity index (χ3n) is 3.15. The Balaban J connectivity index is 1.91. The third-order valence-corrected chi connectivity index (χ3v) is 3.15. The minimum Gasteiger partial charge on any atom is -0.437 e. The molecular formula is C15H17N5O. The van der Waals surface area contributed by atoms with Gasteiger partial charge in [0.15, 0.2) is 5.65 Å². The SMILES string of the molecule is CCCc1ccc(Oc2nc(NC)nc3nc[nH]c23)cc1. The van der Waals surface area contributed by atoms with Gasteiger partial charge < -0.3 is 15.0 Å². The fraction of sp³-hybridized carbons (Fsp3) is 0.267. The first-order valence-corrected chi connectivity index (χ1v) is 6.96. The van der Waals surface area contributed by atoms with Gasteiger partial charge in [0.1, 0.15) is 11.3 Å². The normalized spacial score (nSPS) is 10.8. The zero-order chi connectivity index (χ0) is 14.7. The Morgan fingerprint density at radius 2 is 2.00 bits per heavy atom. The molecule has 0 radical (unpaired) electrons. The van der Waals surface area contributed by atoms with Crippen LogP contribution in [0.1, 0.15) is 18.9 Å². The molecule has 0 aliphatic rings. The number of benzene rings is 1. The molecule has 1 aromatic carbocycles. The molecule has 2 aromatic heterocycles. The van der Waals surface area contributed by atoms with Gasteiger partial charge in [-0.3, -0.25) is 0 Å². The maximum atomic E-state index is 5.86. The van der Waals surface area contributed by atoms with Crippen molar-refractivity contribution in [2.45, 2.75) is 19.8 Å². The monoisotopic (exact) mass is 283 g/mol. The molecule has 0 unspecified atom stereocenters. The van der Waals surface area contributed by atoms with Crippen molar-refractivity contribution in [2.24, 2.45) is 0 Å². The molecule has 6 heteroatoms. The van der Waals surface area contributed by atoms with Crippen LogP contribution in [-0.4, -0.2) is 27.0 Å². The van der Waals surface area contributed by atoms with E-state index in [1.54, 1.807) is 13.4 Å². The Bertz CT molecular complexity index is 735. The summed E-state index contributed by atoms with van der Waals surface area (Å²) in [5, 5.41) is 2.90. The summed E-state index contributed by atoms with van der Waals surface area (Å²) in [7, 11) is 1.76. The molecule has 0 spiro atoms. The van der Waals surface area contributed by atoms with Crippen LogP contribution in [0.2, 0.25) is 0 Å². The summed E-state index contributed by atoms with van der Waals surface area (Å²) in [6, 6.07) is 8.05. The van der Waals surface area contributed by atoms with Crippen molar-refractivity contribution in [1.29, 1.82) is 0 Å². The van der Waals surface area contributed by atoms with Crippen LogP contribution in [0.4, 0.5) is 5.95 Å². The van der Waals surface area contributed by atoms with Gasteiger partial charge in [-0.25, -0.2) is 4.98 Å². The van der Waals surface area contributed by atoms with Crippen LogP contribution < -0.4 is 10.1 Å². The summed E-state index contributed by atoms with van der Waals surface area (Å²) in [6.45, 7) is 2.17. The zero-order valence-corrected chi connectivity index (χ0v) is 12.1. The molecule has 0 saturated heterocycles. The predicted octanol–water partition coefficient (Wildman–Crippen LogP) is 3.14. The lowest BCUT2D eigenvalue weighted by molar-refractivity contribution is 0.467. The molecule has 0 saturated carbocycles. The van der Waals surface area contributed by atoms with E-state index in [2.05, 4.69) is 44.3 Å². The van der Waals surface area contributed by atoms with Crippen LogP contribution in [0.15, 0.2) is 30.6 Å². The van der Waals surface area contributed by atoms with Crippen LogP contribution >= 0.6 is 0 Å². The van der Waals surface area contributed by atoms with Crippen molar-refractivity contribution in [2.75, 3.05) is 12.4 Å². The van der Waals surface area contributed by atoms with Crippen molar-refractivity contribution in [3.8, 4) is 11.6 Å². The number of nitrogens with zero attached hydrogens (tertiary/aromatic N) is 3. The van der Waals surface area contributed by atoms with E-state index in [0.29, 0.717) is 23.0 Å². The first kappa shape index (κ1) is 13.4. The fourth-order valence-corrected chi connectivity index (χ4v) is 2.12. The van der Waals surface area contributed by atoms with Crippen LogP contribution in [-0.2, 0) is 6.42 Å². The van der Waals surface area contributed by atoms with Crippen LogP contribution in [0.25, 0.3) is 11.2 Å². The molecule has 3 rings (SSSR count). The van der Waals surface area contributed by atoms with Crippen molar-refractivity contribution in [3.05, 3.63) is 36.2 Å². The summed E-state index contributed by atoms with van der Waals surface area (Å²) in [4.78, 5) is 15.7. The molecular weight excluding hydrogens is 266 g/mol. The second-order valence-corrected chi connectivity index (χ2v) is 4.70. The topological polar surface area (TPSA) is 75.7 Å². The molecule has 0 fully saturated rings. The molecule has 0 bridgehead atoms. The van der Waals surface area contributed by atoms with Gasteiger partial charge in [-0.2, -0.15) is 9.97 Å². The van der Waals surface area contributed by atoms with E-state index in [-0.39, 0.29) is 0 Å². The number of hydrogen-bond donors (Lipinski definition) is 2. The van der Waals surface area contributed by atoms with Crippen molar-refractivity contribution in [3.63, 3.8) is 0 Å². The van der Waals surface area contributed by atoms with Gasteiger partial charge in [-0.15, -0.1) is 0 Å². The van der Waals surface area contributed by atoms with E-state index in [4.69, 9.17) is 4.74 Å². The number of aromatic amines is 1. The Morgan fingerprint density at radius 3 is 2.71 bits per heavy atom. The molecule has 6 nitrogen and oxygen atoms in total. The van der Waals surface area contributed by atoms with Gasteiger partial charge in [-0.05, 0) is 24.1 Å². The van der Waals surface area contributed by atoms with E-state index in [9.17, 15) is 0 Å². The fourth-order valence-electron chi connectivity index (χ4n) is 2.12. The lowest BCUT2D eigenvalue weighted by atomic mass is 10.1. The summed E-state index contributed by atoms with van der Waals surface area (Å²) < 4.78 is 5.86. The zero-order valence-electron chi connectivity index (χ0n) is 12.1. The molecule has 108 valence electrons. The Morgan fingerprint density at radius 1 is 1.19 bits per heavy atom. The number of anilines is 1. The second kappa shape index (κ2) is 5.78. The average Bonchev–Trinajstić information content (AvgIpc) is 2.98. The number of fused-ring (bicyclic) bond motifs is 1. The maximum absolute atomic E-state index is 5.86. The number of ether oxygens (including phenoxy) is 1. The van der Waals surface area contributed by atoms with Crippen LogP contribution in [0.5, 0.6) is 11.6 Å². The molecule has 0 aliphatic heterocycles. The highest BCUT2D eigenvalue weighted by atomic mass is 16.5. The lowest BCUT2D eigenvalue weighted by Crippen LogP contribution is -1.99. The van der Waals surface area contributed by atoms with Gasteiger partial charge in [0.05, 0.1) is 6.33 Å². The van der Waals surface area contributed by atoms with E-state index >= 15 is 0 Å². The highest BCUT2D eigenvalue weighted by molar-refractivity contribution is 5.77. The molecule has 0 atom stereocenters. The number of hydrogen-bond acceptors (Lipinski definition) is 5. The Kier molecular flexibility index (Phi) is 3.68. The third kappa shape index (κ3) is 2.79. The van der Waals surface area contributed by atoms with Gasteiger partial charge >= 0.3 is 0 Å². The number of H-pyrrole nitrogens is 1. The van der Waals surface area contributed by atoms with Gasteiger partial charge in [0.2, 0.25) is 5.95 Å². The van der Waals surface area contributed by atoms with E-state index in [1.165, 1.54) is 5.56 Å². The maximum Gasteiger partial charge on any atom is 0.250 e. The van der Waals surface area contributed by atoms with Crippen molar-refractivity contribution < 1.29 is 4.74 Å². The summed E-state index contributed by atoms with van der Waals surface area (Å²) in [5.41, 5.74) is 2.56. The van der Waals surface area contributed by atoms with E-state index in [1.807, 2.05) is 12.1 Å². The standard InChI is InChI=1S/C15H17N5O/c1-3-4-10-5-7-11(8-6-10)21-14-12-13(18-9-17-12)19-15(16-2)20-14/h5-9H,3-4H2,1-2H3,(H2,16,17,18,19,20). The Hall–Kier alpha value is -2.63. The number of nitrogens with one attached hydrogen (secondary N) is 2. The number of aromatic nitrogens is 4. The molecule has 2 N–H and O–H groups in total. The van der Waals surface area contributed by atoms with Gasteiger partial charge in [-0.1, -0.05) is 25.5 Å². The molecule has 2 heterocycles. The number of aryl methyl sites for hydroxylation is 1. The second-order valence-electron chi connectivity index (χ2n) is 4.70. The lowest BCUT2D eigenvalue weighted by Gasteiger charge is -2.07. The highest BCUT2D eigenvalue weighted by Crippen LogP contribution is 2.26. The van der Waals surface area contributed by atoms with E-state index < -0.39 is 0 Å². The quantitative estimate of drug-likeness (QED) is 0.752. The van der Waals surface area contributed by atoms with Crippen LogP contribution in [0.3, 0.4) is 0 Å². The summed E-state index contributed by atoms with van der Waals surface area (Å²) in [5.74, 6) is 1.68. The highest BCUT2D eigenvalue weighted by Gasteiger charge is 2.11. The molecule has 21 heavy (non-hydrogen) atoms. The minimum absolute atomic E-state index is 0.463.